The number of carbonyl (C=O) groups excluding carboxylic acids is 3. The van der Waals surface area contributed by atoms with Crippen molar-refractivity contribution in [2.24, 2.45) is 5.92 Å². The summed E-state index contributed by atoms with van der Waals surface area (Å²) < 4.78 is 9.94. The van der Waals surface area contributed by atoms with Crippen LogP contribution >= 0.6 is 0 Å². The Morgan fingerprint density at radius 2 is 1.82 bits per heavy atom. The Bertz CT molecular complexity index is 749. The van der Waals surface area contributed by atoms with Crippen molar-refractivity contribution in [3.8, 4) is 5.75 Å². The highest BCUT2D eigenvalue weighted by atomic mass is 16.6. The normalized spacial score (nSPS) is 12.6. The largest absolute Gasteiger partial charge is 0.496 e. The van der Waals surface area contributed by atoms with E-state index in [9.17, 15) is 24.5 Å². The molecule has 1 rings (SSSR count). The van der Waals surface area contributed by atoms with Crippen LogP contribution in [0.2, 0.25) is 0 Å². The summed E-state index contributed by atoms with van der Waals surface area (Å²) in [6.45, 7) is 4.78. The summed E-state index contributed by atoms with van der Waals surface area (Å²) >= 11 is 0. The molecule has 10 nitrogen and oxygen atoms in total. The van der Waals surface area contributed by atoms with Crippen LogP contribution in [0, 0.1) is 16.0 Å². The van der Waals surface area contributed by atoms with Gasteiger partial charge in [-0.05, 0) is 12.0 Å². The van der Waals surface area contributed by atoms with Crippen molar-refractivity contribution in [1.29, 1.82) is 0 Å². The fraction of sp³-hybridized carbons (Fsp3) is 0.500. The maximum absolute atomic E-state index is 12.6. The molecular formula is C18H25N3O7. The van der Waals surface area contributed by atoms with E-state index in [0.717, 1.165) is 0 Å². The number of methoxy groups -OCH3 is 2. The van der Waals surface area contributed by atoms with Gasteiger partial charge in [0, 0.05) is 31.0 Å². The second-order valence-electron chi connectivity index (χ2n) is 6.46. The first-order chi connectivity index (χ1) is 13.1. The number of amides is 2. The molecular weight excluding hydrogens is 370 g/mol. The molecule has 154 valence electrons. The number of hydrogen-bond donors (Lipinski definition) is 2. The Balaban J connectivity index is 3.15. The minimum absolute atomic E-state index is 0.0891. The lowest BCUT2D eigenvalue weighted by molar-refractivity contribution is -0.384. The molecule has 1 aromatic rings. The van der Waals surface area contributed by atoms with Gasteiger partial charge in [0.15, 0.2) is 0 Å². The van der Waals surface area contributed by atoms with Crippen LogP contribution in [0.15, 0.2) is 18.2 Å². The fourth-order valence-electron chi connectivity index (χ4n) is 2.61. The SMILES string of the molecule is COC(=O)[C@H](Cc1cc([N+](=O)[O-])ccc1OC)NC(=O)[C@H](NC(C)=O)C(C)C. The molecule has 10 heteroatoms. The third-order valence-corrected chi connectivity index (χ3v) is 4.01. The Kier molecular flexibility index (Phi) is 8.36. The average molecular weight is 395 g/mol. The maximum Gasteiger partial charge on any atom is 0.328 e. The molecule has 0 unspecified atom stereocenters. The van der Waals surface area contributed by atoms with Crippen molar-refractivity contribution in [3.63, 3.8) is 0 Å². The molecule has 2 atom stereocenters. The number of nitro groups is 1. The maximum atomic E-state index is 12.6. The first-order valence-corrected chi connectivity index (χ1v) is 8.57. The van der Waals surface area contributed by atoms with Gasteiger partial charge in [0.1, 0.15) is 17.8 Å². The lowest BCUT2D eigenvalue weighted by atomic mass is 10.0. The second-order valence-corrected chi connectivity index (χ2v) is 6.46. The van der Waals surface area contributed by atoms with E-state index >= 15 is 0 Å². The Morgan fingerprint density at radius 1 is 1.18 bits per heavy atom. The van der Waals surface area contributed by atoms with Crippen molar-refractivity contribution in [3.05, 3.63) is 33.9 Å². The van der Waals surface area contributed by atoms with E-state index < -0.39 is 28.9 Å². The summed E-state index contributed by atoms with van der Waals surface area (Å²) in [5, 5.41) is 16.1. The molecule has 0 heterocycles. The molecule has 1 aromatic carbocycles. The standard InChI is InChI=1S/C18H25N3O7/c1-10(2)16(19-11(3)22)17(23)20-14(18(24)28-5)9-12-8-13(21(25)26)6-7-15(12)27-4/h6-8,10,14,16H,9H2,1-5H3,(H,19,22)(H,20,23)/t14-,16+/m0/s1. The smallest absolute Gasteiger partial charge is 0.328 e. The van der Waals surface area contributed by atoms with E-state index in [2.05, 4.69) is 10.6 Å². The number of non-ortho nitro benzene ring substituents is 1. The molecule has 2 N–H and O–H groups in total. The van der Waals surface area contributed by atoms with E-state index in [4.69, 9.17) is 9.47 Å². The lowest BCUT2D eigenvalue weighted by Gasteiger charge is -2.24. The van der Waals surface area contributed by atoms with Gasteiger partial charge in [0.25, 0.3) is 5.69 Å². The molecule has 0 aliphatic heterocycles. The topological polar surface area (TPSA) is 137 Å². The zero-order valence-electron chi connectivity index (χ0n) is 16.5. The van der Waals surface area contributed by atoms with Gasteiger partial charge >= 0.3 is 5.97 Å². The highest BCUT2D eigenvalue weighted by molar-refractivity contribution is 5.90. The Hall–Kier alpha value is -3.17. The molecule has 0 saturated heterocycles. The summed E-state index contributed by atoms with van der Waals surface area (Å²) in [7, 11) is 2.56. The third-order valence-electron chi connectivity index (χ3n) is 4.01. The second kappa shape index (κ2) is 10.2. The third kappa shape index (κ3) is 6.22. The minimum Gasteiger partial charge on any atom is -0.496 e. The van der Waals surface area contributed by atoms with Gasteiger partial charge in [-0.15, -0.1) is 0 Å². The van der Waals surface area contributed by atoms with Crippen LogP contribution in [0.3, 0.4) is 0 Å². The van der Waals surface area contributed by atoms with Gasteiger partial charge in [-0.3, -0.25) is 19.7 Å². The number of esters is 1. The van der Waals surface area contributed by atoms with Crippen molar-refractivity contribution in [2.45, 2.75) is 39.3 Å². The monoisotopic (exact) mass is 395 g/mol. The highest BCUT2D eigenvalue weighted by Crippen LogP contribution is 2.25. The van der Waals surface area contributed by atoms with Gasteiger partial charge in [0.05, 0.1) is 19.1 Å². The summed E-state index contributed by atoms with van der Waals surface area (Å²) in [5.74, 6) is -1.58. The van der Waals surface area contributed by atoms with Crippen molar-refractivity contribution < 1.29 is 28.8 Å². The summed E-state index contributed by atoms with van der Waals surface area (Å²) in [4.78, 5) is 46.6. The minimum atomic E-state index is -1.12. The van der Waals surface area contributed by atoms with Crippen molar-refractivity contribution in [2.75, 3.05) is 14.2 Å². The summed E-state index contributed by atoms with van der Waals surface area (Å²) in [6, 6.07) is 1.99. The Labute approximate surface area is 162 Å². The Morgan fingerprint density at radius 3 is 2.29 bits per heavy atom. The molecule has 0 saturated carbocycles. The first kappa shape index (κ1) is 22.9. The van der Waals surface area contributed by atoms with E-state index in [1.54, 1.807) is 13.8 Å². The molecule has 0 aromatic heterocycles. The van der Waals surface area contributed by atoms with E-state index in [1.807, 2.05) is 0 Å². The molecule has 0 aliphatic rings. The highest BCUT2D eigenvalue weighted by Gasteiger charge is 2.29. The van der Waals surface area contributed by atoms with Gasteiger partial charge < -0.3 is 20.1 Å². The molecule has 0 radical (unpaired) electrons. The van der Waals surface area contributed by atoms with Crippen LogP contribution in [0.1, 0.15) is 26.3 Å². The lowest BCUT2D eigenvalue weighted by Crippen LogP contribution is -2.54. The van der Waals surface area contributed by atoms with Gasteiger partial charge in [-0.25, -0.2) is 4.79 Å². The quantitative estimate of drug-likeness (QED) is 0.361. The van der Waals surface area contributed by atoms with Crippen molar-refractivity contribution in [1.82, 2.24) is 10.6 Å². The van der Waals surface area contributed by atoms with Crippen molar-refractivity contribution >= 4 is 23.5 Å². The summed E-state index contributed by atoms with van der Waals surface area (Å²) in [6.07, 6.45) is -0.0891. The predicted molar refractivity (Wildman–Crippen MR) is 99.7 cm³/mol. The molecule has 2 amide bonds. The van der Waals surface area contributed by atoms with Crippen LogP contribution in [-0.4, -0.2) is 49.0 Å². The number of nitrogens with zero attached hydrogens (tertiary/aromatic N) is 1. The first-order valence-electron chi connectivity index (χ1n) is 8.57. The molecule has 0 aliphatic carbocycles. The van der Waals surface area contributed by atoms with Gasteiger partial charge in [-0.2, -0.15) is 0 Å². The number of hydrogen-bond acceptors (Lipinski definition) is 7. The number of ether oxygens (including phenoxy) is 2. The van der Waals surface area contributed by atoms with Gasteiger partial charge in [0.2, 0.25) is 11.8 Å². The fourth-order valence-corrected chi connectivity index (χ4v) is 2.61. The molecule has 0 bridgehead atoms. The molecule has 0 fully saturated rings. The van der Waals surface area contributed by atoms with E-state index in [1.165, 1.54) is 39.3 Å². The number of carbonyl (C=O) groups is 3. The number of rotatable bonds is 9. The summed E-state index contributed by atoms with van der Waals surface area (Å²) in [5.41, 5.74) is 0.178. The number of nitro benzene ring substituents is 1. The number of benzene rings is 1. The zero-order chi connectivity index (χ0) is 21.4. The van der Waals surface area contributed by atoms with Gasteiger partial charge in [-0.1, -0.05) is 13.8 Å². The van der Waals surface area contributed by atoms with E-state index in [0.29, 0.717) is 11.3 Å². The van der Waals surface area contributed by atoms with Crippen LogP contribution in [0.25, 0.3) is 0 Å². The average Bonchev–Trinajstić information content (AvgIpc) is 2.64. The van der Waals surface area contributed by atoms with Crippen LogP contribution < -0.4 is 15.4 Å². The van der Waals surface area contributed by atoms with E-state index in [-0.39, 0.29) is 23.9 Å². The van der Waals surface area contributed by atoms with Crippen LogP contribution in [0.5, 0.6) is 5.75 Å². The van der Waals surface area contributed by atoms with Crippen LogP contribution in [-0.2, 0) is 25.5 Å². The zero-order valence-corrected chi connectivity index (χ0v) is 16.5. The molecule has 28 heavy (non-hydrogen) atoms. The molecule has 0 spiro atoms. The van der Waals surface area contributed by atoms with Crippen LogP contribution in [0.4, 0.5) is 5.69 Å². The number of nitrogens with one attached hydrogen (secondary N) is 2. The predicted octanol–water partition coefficient (Wildman–Crippen LogP) is 0.964.